The smallest absolute Gasteiger partial charge is 0.161 e. The number of aliphatic hydroxyl groups excluding tert-OH is 1. The number of ether oxygens (including phenoxy) is 2. The molecule has 4 nitrogen and oxygen atoms in total. The molecule has 0 radical (unpaired) electrons. The highest BCUT2D eigenvalue weighted by Crippen LogP contribution is 2.32. The zero-order valence-corrected chi connectivity index (χ0v) is 11.0. The molecule has 2 rings (SSSR count). The molecule has 100 valence electrons. The summed E-state index contributed by atoms with van der Waals surface area (Å²) in [6.45, 7) is 0. The van der Waals surface area contributed by atoms with E-state index in [0.29, 0.717) is 17.2 Å². The van der Waals surface area contributed by atoms with E-state index in [1.165, 1.54) is 0 Å². The average molecular weight is 259 g/mol. The third-order valence-electron chi connectivity index (χ3n) is 2.98. The van der Waals surface area contributed by atoms with E-state index in [1.807, 2.05) is 6.07 Å². The van der Waals surface area contributed by atoms with Crippen LogP contribution in [-0.2, 0) is 0 Å². The summed E-state index contributed by atoms with van der Waals surface area (Å²) in [5.74, 6) is 1.23. The molecule has 0 aliphatic carbocycles. The lowest BCUT2D eigenvalue weighted by molar-refractivity contribution is 0.219. The van der Waals surface area contributed by atoms with Crippen molar-refractivity contribution in [3.05, 3.63) is 53.6 Å². The molecule has 0 aliphatic rings. The number of hydrogen-bond acceptors (Lipinski definition) is 4. The summed E-state index contributed by atoms with van der Waals surface area (Å²) in [4.78, 5) is 0. The number of hydrogen-bond donors (Lipinski definition) is 2. The van der Waals surface area contributed by atoms with E-state index < -0.39 is 6.10 Å². The maximum Gasteiger partial charge on any atom is 0.161 e. The van der Waals surface area contributed by atoms with E-state index in [9.17, 15) is 5.11 Å². The van der Waals surface area contributed by atoms with E-state index in [1.54, 1.807) is 50.6 Å². The van der Waals surface area contributed by atoms with Crippen molar-refractivity contribution in [1.29, 1.82) is 0 Å². The molecular formula is C15H17NO3. The van der Waals surface area contributed by atoms with Gasteiger partial charge in [-0.1, -0.05) is 18.2 Å². The van der Waals surface area contributed by atoms with Gasteiger partial charge < -0.3 is 20.3 Å². The Morgan fingerprint density at radius 1 is 0.895 bits per heavy atom. The van der Waals surface area contributed by atoms with Gasteiger partial charge in [0.1, 0.15) is 6.10 Å². The Bertz CT molecular complexity index is 552. The number of aliphatic hydroxyl groups is 1. The van der Waals surface area contributed by atoms with Crippen molar-refractivity contribution in [1.82, 2.24) is 0 Å². The Labute approximate surface area is 112 Å². The molecule has 4 heteroatoms. The summed E-state index contributed by atoms with van der Waals surface area (Å²) in [5, 5.41) is 10.3. The van der Waals surface area contributed by atoms with Gasteiger partial charge in [0.15, 0.2) is 11.5 Å². The summed E-state index contributed by atoms with van der Waals surface area (Å²) in [7, 11) is 3.14. The van der Waals surface area contributed by atoms with Gasteiger partial charge in [0.2, 0.25) is 0 Å². The maximum absolute atomic E-state index is 10.3. The van der Waals surface area contributed by atoms with E-state index >= 15 is 0 Å². The highest BCUT2D eigenvalue weighted by Gasteiger charge is 2.13. The van der Waals surface area contributed by atoms with Crippen LogP contribution in [0.3, 0.4) is 0 Å². The van der Waals surface area contributed by atoms with Crippen LogP contribution in [0.5, 0.6) is 11.5 Å². The van der Waals surface area contributed by atoms with Gasteiger partial charge in [-0.15, -0.1) is 0 Å². The van der Waals surface area contributed by atoms with Crippen LogP contribution in [0.15, 0.2) is 42.5 Å². The van der Waals surface area contributed by atoms with Gasteiger partial charge in [0, 0.05) is 5.69 Å². The molecule has 0 spiro atoms. The van der Waals surface area contributed by atoms with E-state index in [4.69, 9.17) is 15.2 Å². The van der Waals surface area contributed by atoms with Crippen molar-refractivity contribution in [2.24, 2.45) is 0 Å². The minimum absolute atomic E-state index is 0.592. The topological polar surface area (TPSA) is 64.7 Å². The van der Waals surface area contributed by atoms with Crippen LogP contribution in [-0.4, -0.2) is 19.3 Å². The molecule has 0 unspecified atom stereocenters. The molecule has 0 fully saturated rings. The molecule has 2 aromatic carbocycles. The minimum atomic E-state index is -0.722. The fraction of sp³-hybridized carbons (Fsp3) is 0.200. The van der Waals surface area contributed by atoms with Crippen LogP contribution >= 0.6 is 0 Å². The second-order valence-electron chi connectivity index (χ2n) is 4.18. The van der Waals surface area contributed by atoms with E-state index in [0.717, 1.165) is 11.1 Å². The van der Waals surface area contributed by atoms with Gasteiger partial charge in [-0.3, -0.25) is 0 Å². The first-order chi connectivity index (χ1) is 9.15. The van der Waals surface area contributed by atoms with Gasteiger partial charge in [-0.2, -0.15) is 0 Å². The molecule has 0 saturated carbocycles. The molecule has 0 heterocycles. The van der Waals surface area contributed by atoms with Crippen LogP contribution < -0.4 is 15.2 Å². The summed E-state index contributed by atoms with van der Waals surface area (Å²) in [6, 6.07) is 12.5. The predicted octanol–water partition coefficient (Wildman–Crippen LogP) is 2.37. The number of anilines is 1. The van der Waals surface area contributed by atoms with Gasteiger partial charge in [-0.05, 0) is 35.4 Å². The summed E-state index contributed by atoms with van der Waals surface area (Å²) >= 11 is 0. The molecule has 0 saturated heterocycles. The summed E-state index contributed by atoms with van der Waals surface area (Å²) < 4.78 is 10.4. The lowest BCUT2D eigenvalue weighted by Crippen LogP contribution is -2.01. The molecule has 0 amide bonds. The molecule has 1 atom stereocenters. The van der Waals surface area contributed by atoms with Gasteiger partial charge >= 0.3 is 0 Å². The number of nitrogen functional groups attached to an aromatic ring is 1. The zero-order valence-electron chi connectivity index (χ0n) is 11.0. The number of methoxy groups -OCH3 is 2. The molecule has 0 bridgehead atoms. The Morgan fingerprint density at radius 3 is 2.05 bits per heavy atom. The van der Waals surface area contributed by atoms with Crippen LogP contribution in [0.1, 0.15) is 17.2 Å². The highest BCUT2D eigenvalue weighted by molar-refractivity contribution is 5.46. The average Bonchev–Trinajstić information content (AvgIpc) is 2.46. The molecular weight excluding hydrogens is 242 g/mol. The fourth-order valence-corrected chi connectivity index (χ4v) is 1.89. The van der Waals surface area contributed by atoms with Crippen LogP contribution in [0, 0.1) is 0 Å². The van der Waals surface area contributed by atoms with Crippen molar-refractivity contribution in [3.8, 4) is 11.5 Å². The molecule has 0 aromatic heterocycles. The maximum atomic E-state index is 10.3. The summed E-state index contributed by atoms with van der Waals surface area (Å²) in [6.07, 6.45) is -0.722. The first-order valence-electron chi connectivity index (χ1n) is 5.91. The third kappa shape index (κ3) is 2.80. The Hall–Kier alpha value is -2.20. The Kier molecular flexibility index (Phi) is 3.92. The molecule has 2 aromatic rings. The number of benzene rings is 2. The molecule has 19 heavy (non-hydrogen) atoms. The number of rotatable bonds is 4. The van der Waals surface area contributed by atoms with Crippen LogP contribution in [0.25, 0.3) is 0 Å². The third-order valence-corrected chi connectivity index (χ3v) is 2.98. The predicted molar refractivity (Wildman–Crippen MR) is 74.5 cm³/mol. The van der Waals surface area contributed by atoms with Crippen LogP contribution in [0.2, 0.25) is 0 Å². The normalized spacial score (nSPS) is 11.9. The first-order valence-corrected chi connectivity index (χ1v) is 5.91. The lowest BCUT2D eigenvalue weighted by atomic mass is 10.0. The fourth-order valence-electron chi connectivity index (χ4n) is 1.89. The minimum Gasteiger partial charge on any atom is -0.493 e. The van der Waals surface area contributed by atoms with Gasteiger partial charge in [0.25, 0.3) is 0 Å². The molecule has 0 aliphatic heterocycles. The van der Waals surface area contributed by atoms with Crippen molar-refractivity contribution >= 4 is 5.69 Å². The zero-order chi connectivity index (χ0) is 13.8. The highest BCUT2D eigenvalue weighted by atomic mass is 16.5. The lowest BCUT2D eigenvalue weighted by Gasteiger charge is -2.14. The van der Waals surface area contributed by atoms with Gasteiger partial charge in [-0.25, -0.2) is 0 Å². The first kappa shape index (κ1) is 13.2. The van der Waals surface area contributed by atoms with Crippen LogP contribution in [0.4, 0.5) is 5.69 Å². The van der Waals surface area contributed by atoms with Crippen molar-refractivity contribution in [3.63, 3.8) is 0 Å². The standard InChI is InChI=1S/C15H17NO3/c1-18-13-8-5-11(9-14(13)19-2)15(17)10-3-6-12(16)7-4-10/h3-9,15,17H,16H2,1-2H3/t15-/m0/s1. The van der Waals surface area contributed by atoms with E-state index in [2.05, 4.69) is 0 Å². The second-order valence-corrected chi connectivity index (χ2v) is 4.18. The second kappa shape index (κ2) is 5.63. The Balaban J connectivity index is 2.33. The number of nitrogens with two attached hydrogens (primary N) is 1. The Morgan fingerprint density at radius 2 is 1.47 bits per heavy atom. The quantitative estimate of drug-likeness (QED) is 0.827. The summed E-state index contributed by atoms with van der Waals surface area (Å²) in [5.41, 5.74) is 7.82. The van der Waals surface area contributed by atoms with E-state index in [-0.39, 0.29) is 0 Å². The van der Waals surface area contributed by atoms with Crippen molar-refractivity contribution in [2.45, 2.75) is 6.10 Å². The molecule has 3 N–H and O–H groups in total. The largest absolute Gasteiger partial charge is 0.493 e. The van der Waals surface area contributed by atoms with Crippen molar-refractivity contribution in [2.75, 3.05) is 20.0 Å². The van der Waals surface area contributed by atoms with Crippen molar-refractivity contribution < 1.29 is 14.6 Å². The SMILES string of the molecule is COc1ccc([C@@H](O)c2ccc(N)cc2)cc1OC. The van der Waals surface area contributed by atoms with Gasteiger partial charge in [0.05, 0.1) is 14.2 Å². The monoisotopic (exact) mass is 259 g/mol.